The number of aliphatic hydroxyl groups is 1. The summed E-state index contributed by atoms with van der Waals surface area (Å²) in [4.78, 5) is 13.4. The zero-order valence-corrected chi connectivity index (χ0v) is 21.2. The standard InChI is InChI=1S/C29H29NO2S2/c1-3-5-8-19(4-2)18-30-23-10-7-6-9-21(23)22-15-20(11-12-24(22)30)25(31)16-26(32)28-17-29-27(34-28)13-14-33-29/h6-7,9-17,19,31H,3-5,8,18H2,1-2H3/b25-16-. The summed E-state index contributed by atoms with van der Waals surface area (Å²) in [6.07, 6.45) is 6.24. The van der Waals surface area contributed by atoms with Crippen LogP contribution in [0.25, 0.3) is 37.0 Å². The first kappa shape index (κ1) is 22.9. The highest BCUT2D eigenvalue weighted by atomic mass is 32.1. The highest BCUT2D eigenvalue weighted by molar-refractivity contribution is 7.28. The van der Waals surface area contributed by atoms with E-state index in [1.54, 1.807) is 11.3 Å². The number of para-hydroxylation sites is 1. The van der Waals surface area contributed by atoms with E-state index in [4.69, 9.17) is 0 Å². The van der Waals surface area contributed by atoms with Crippen molar-refractivity contribution in [2.24, 2.45) is 5.92 Å². The molecule has 0 radical (unpaired) electrons. The van der Waals surface area contributed by atoms with E-state index in [-0.39, 0.29) is 11.5 Å². The number of aliphatic hydroxyl groups excluding tert-OH is 1. The molecule has 34 heavy (non-hydrogen) atoms. The van der Waals surface area contributed by atoms with E-state index in [0.717, 1.165) is 27.8 Å². The molecule has 0 aliphatic heterocycles. The Morgan fingerprint density at radius 3 is 2.65 bits per heavy atom. The minimum absolute atomic E-state index is 0.00914. The molecule has 0 saturated carbocycles. The summed E-state index contributed by atoms with van der Waals surface area (Å²) >= 11 is 3.10. The lowest BCUT2D eigenvalue weighted by atomic mass is 9.99. The molecule has 0 spiro atoms. The predicted molar refractivity (Wildman–Crippen MR) is 147 cm³/mol. The summed E-state index contributed by atoms with van der Waals surface area (Å²) in [6, 6.07) is 18.5. The molecule has 1 unspecified atom stereocenters. The van der Waals surface area contributed by atoms with Crippen molar-refractivity contribution in [1.29, 1.82) is 0 Å². The van der Waals surface area contributed by atoms with Crippen LogP contribution in [0, 0.1) is 5.92 Å². The van der Waals surface area contributed by atoms with Crippen LogP contribution in [0.15, 0.2) is 66.1 Å². The Morgan fingerprint density at radius 1 is 1.03 bits per heavy atom. The minimum Gasteiger partial charge on any atom is -0.507 e. The number of nitrogens with zero attached hydrogens (tertiary/aromatic N) is 1. The van der Waals surface area contributed by atoms with Gasteiger partial charge in [-0.05, 0) is 54.1 Å². The first-order valence-electron chi connectivity index (χ1n) is 12.0. The van der Waals surface area contributed by atoms with Crippen molar-refractivity contribution in [3.8, 4) is 0 Å². The lowest BCUT2D eigenvalue weighted by Gasteiger charge is -2.17. The Bertz CT molecular complexity index is 1470. The van der Waals surface area contributed by atoms with Gasteiger partial charge in [0.15, 0.2) is 5.78 Å². The molecular formula is C29H29NO2S2. The molecule has 0 fully saturated rings. The lowest BCUT2D eigenvalue weighted by molar-refractivity contribution is 0.105. The van der Waals surface area contributed by atoms with Crippen LogP contribution in [-0.2, 0) is 6.54 Å². The Hall–Kier alpha value is -2.89. The van der Waals surface area contributed by atoms with Gasteiger partial charge in [-0.25, -0.2) is 0 Å². The maximum absolute atomic E-state index is 12.8. The third kappa shape index (κ3) is 4.30. The van der Waals surface area contributed by atoms with Crippen molar-refractivity contribution in [1.82, 2.24) is 4.57 Å². The van der Waals surface area contributed by atoms with Gasteiger partial charge in [-0.2, -0.15) is 0 Å². The van der Waals surface area contributed by atoms with Crippen LogP contribution >= 0.6 is 22.7 Å². The fraction of sp³-hybridized carbons (Fsp3) is 0.276. The summed E-state index contributed by atoms with van der Waals surface area (Å²) < 4.78 is 4.65. The molecule has 5 aromatic rings. The molecule has 0 aliphatic rings. The Morgan fingerprint density at radius 2 is 1.85 bits per heavy atom. The minimum atomic E-state index is -0.157. The molecule has 3 nitrogen and oxygen atoms in total. The molecule has 0 bridgehead atoms. The molecule has 174 valence electrons. The van der Waals surface area contributed by atoms with Gasteiger partial charge >= 0.3 is 0 Å². The second-order valence-corrected chi connectivity index (χ2v) is 11.0. The molecule has 3 heterocycles. The van der Waals surface area contributed by atoms with Crippen LogP contribution in [0.4, 0.5) is 0 Å². The van der Waals surface area contributed by atoms with E-state index in [0.29, 0.717) is 16.4 Å². The lowest BCUT2D eigenvalue weighted by Crippen LogP contribution is -2.10. The fourth-order valence-electron chi connectivity index (χ4n) is 4.75. The topological polar surface area (TPSA) is 42.2 Å². The largest absolute Gasteiger partial charge is 0.507 e. The summed E-state index contributed by atoms with van der Waals surface area (Å²) in [5.41, 5.74) is 3.07. The molecule has 2 aromatic carbocycles. The number of rotatable bonds is 9. The number of ketones is 1. The van der Waals surface area contributed by atoms with Crippen molar-refractivity contribution < 1.29 is 9.90 Å². The summed E-state index contributed by atoms with van der Waals surface area (Å²) in [7, 11) is 0. The molecular weight excluding hydrogens is 458 g/mol. The van der Waals surface area contributed by atoms with E-state index in [2.05, 4.69) is 48.7 Å². The number of benzene rings is 2. The maximum Gasteiger partial charge on any atom is 0.199 e. The van der Waals surface area contributed by atoms with Gasteiger partial charge in [0, 0.05) is 49.4 Å². The Kier molecular flexibility index (Phi) is 6.57. The number of aromatic nitrogens is 1. The summed E-state index contributed by atoms with van der Waals surface area (Å²) in [5, 5.41) is 15.2. The molecule has 1 N–H and O–H groups in total. The average Bonchev–Trinajstić information content (AvgIpc) is 3.54. The quantitative estimate of drug-likeness (QED) is 0.128. The number of fused-ring (bicyclic) bond motifs is 4. The monoisotopic (exact) mass is 487 g/mol. The highest BCUT2D eigenvalue weighted by Gasteiger charge is 2.16. The van der Waals surface area contributed by atoms with Crippen LogP contribution in [0.2, 0.25) is 0 Å². The maximum atomic E-state index is 12.8. The van der Waals surface area contributed by atoms with Gasteiger partial charge in [0.2, 0.25) is 0 Å². The number of unbranched alkanes of at least 4 members (excludes halogenated alkanes) is 1. The molecule has 0 aliphatic carbocycles. The predicted octanol–water partition coefficient (Wildman–Crippen LogP) is 9.07. The van der Waals surface area contributed by atoms with Crippen molar-refractivity contribution in [3.05, 3.63) is 76.5 Å². The van der Waals surface area contributed by atoms with Gasteiger partial charge < -0.3 is 9.67 Å². The highest BCUT2D eigenvalue weighted by Crippen LogP contribution is 2.34. The van der Waals surface area contributed by atoms with E-state index in [1.807, 2.05) is 29.6 Å². The van der Waals surface area contributed by atoms with Crippen molar-refractivity contribution in [2.75, 3.05) is 0 Å². The second-order valence-electron chi connectivity index (χ2n) is 8.93. The SMILES string of the molecule is CCCCC(CC)Cn1c2ccccc2c2cc(/C(O)=C/C(=O)c3cc4sccc4s3)ccc21. The van der Waals surface area contributed by atoms with E-state index < -0.39 is 0 Å². The van der Waals surface area contributed by atoms with Crippen LogP contribution in [0.5, 0.6) is 0 Å². The van der Waals surface area contributed by atoms with E-state index in [1.165, 1.54) is 53.1 Å². The van der Waals surface area contributed by atoms with Crippen LogP contribution < -0.4 is 0 Å². The summed E-state index contributed by atoms with van der Waals surface area (Å²) in [5.74, 6) is 0.495. The summed E-state index contributed by atoms with van der Waals surface area (Å²) in [6.45, 7) is 5.53. The van der Waals surface area contributed by atoms with Crippen molar-refractivity contribution >= 4 is 65.4 Å². The molecule has 5 rings (SSSR count). The van der Waals surface area contributed by atoms with Crippen molar-refractivity contribution in [2.45, 2.75) is 46.1 Å². The first-order valence-corrected chi connectivity index (χ1v) is 13.7. The Labute approximate surface area is 208 Å². The zero-order chi connectivity index (χ0) is 23.7. The second kappa shape index (κ2) is 9.77. The van der Waals surface area contributed by atoms with Gasteiger partial charge in [0.25, 0.3) is 0 Å². The number of allylic oxidation sites excluding steroid dienone is 1. The fourth-order valence-corrected chi connectivity index (χ4v) is 6.77. The van der Waals surface area contributed by atoms with Crippen molar-refractivity contribution in [3.63, 3.8) is 0 Å². The molecule has 0 amide bonds. The Balaban J connectivity index is 1.51. The molecule has 1 atom stereocenters. The van der Waals surface area contributed by atoms with Crippen LogP contribution in [-0.4, -0.2) is 15.5 Å². The van der Waals surface area contributed by atoms with Gasteiger partial charge in [-0.1, -0.05) is 51.3 Å². The third-order valence-corrected chi connectivity index (χ3v) is 8.81. The van der Waals surface area contributed by atoms with Gasteiger partial charge in [0.05, 0.1) is 4.88 Å². The van der Waals surface area contributed by atoms with E-state index in [9.17, 15) is 9.90 Å². The number of hydrogen-bond donors (Lipinski definition) is 1. The first-order chi connectivity index (χ1) is 16.6. The number of thiophene rings is 2. The van der Waals surface area contributed by atoms with Crippen LogP contribution in [0.1, 0.15) is 54.8 Å². The number of carbonyl (C=O) groups is 1. The van der Waals surface area contributed by atoms with Gasteiger partial charge in [0.1, 0.15) is 5.76 Å². The smallest absolute Gasteiger partial charge is 0.199 e. The normalized spacial score (nSPS) is 13.3. The van der Waals surface area contributed by atoms with Crippen LogP contribution in [0.3, 0.4) is 0 Å². The zero-order valence-electron chi connectivity index (χ0n) is 19.6. The molecule has 5 heteroatoms. The molecule has 0 saturated heterocycles. The van der Waals surface area contributed by atoms with Gasteiger partial charge in [-0.3, -0.25) is 4.79 Å². The van der Waals surface area contributed by atoms with E-state index >= 15 is 0 Å². The van der Waals surface area contributed by atoms with Gasteiger partial charge in [-0.15, -0.1) is 22.7 Å². The third-order valence-electron chi connectivity index (χ3n) is 6.70. The molecule has 3 aromatic heterocycles. The average molecular weight is 488 g/mol. The number of carbonyl (C=O) groups excluding carboxylic acids is 1. The number of hydrogen-bond acceptors (Lipinski definition) is 4.